The van der Waals surface area contributed by atoms with Crippen molar-refractivity contribution in [2.45, 2.75) is 0 Å². The summed E-state index contributed by atoms with van der Waals surface area (Å²) in [6.45, 7) is 0. The predicted molar refractivity (Wildman–Crippen MR) is 109 cm³/mol. The monoisotopic (exact) mass is 392 g/mol. The van der Waals surface area contributed by atoms with Crippen molar-refractivity contribution in [3.8, 4) is 0 Å². The van der Waals surface area contributed by atoms with E-state index in [-0.39, 0.29) is 17.4 Å². The molecule has 0 radical (unpaired) electrons. The van der Waals surface area contributed by atoms with Crippen LogP contribution in [0.3, 0.4) is 0 Å². The number of ketones is 1. The highest BCUT2D eigenvalue weighted by Gasteiger charge is 2.16. The number of hydrogen-bond acceptors (Lipinski definition) is 4. The second-order valence-corrected chi connectivity index (χ2v) is 7.43. The number of carbonyl (C=O) groups excluding carboxylic acids is 2. The summed E-state index contributed by atoms with van der Waals surface area (Å²) >= 11 is 12.4. The Morgan fingerprint density at radius 2 is 1.84 bits per heavy atom. The molecule has 0 aromatic heterocycles. The molecule has 0 aliphatic carbocycles. The number of thioether (sulfide) groups is 1. The molecule has 2 aromatic carbocycles. The van der Waals surface area contributed by atoms with Crippen LogP contribution in [-0.2, 0) is 4.79 Å². The van der Waals surface area contributed by atoms with Gasteiger partial charge in [0.15, 0.2) is 5.78 Å². The lowest BCUT2D eigenvalue weighted by Crippen LogP contribution is -2.21. The van der Waals surface area contributed by atoms with Gasteiger partial charge in [-0.15, -0.1) is 0 Å². The molecule has 2 aromatic rings. The molecule has 0 atom stereocenters. The Balaban J connectivity index is 2.17. The fraction of sp³-hybridized carbons (Fsp3) is 0.167. The second-order valence-electron chi connectivity index (χ2n) is 5.38. The summed E-state index contributed by atoms with van der Waals surface area (Å²) in [5.74, 6) is -0.271. The molecule has 0 unspecified atom stereocenters. The van der Waals surface area contributed by atoms with E-state index in [2.05, 4.69) is 5.32 Å². The van der Waals surface area contributed by atoms with Gasteiger partial charge in [0.2, 0.25) is 5.91 Å². The number of rotatable bonds is 5. The van der Waals surface area contributed by atoms with Gasteiger partial charge in [-0.1, -0.05) is 65.9 Å². The molecule has 4 nitrogen and oxygen atoms in total. The lowest BCUT2D eigenvalue weighted by molar-refractivity contribution is -0.113. The zero-order valence-electron chi connectivity index (χ0n) is 13.8. The Kier molecular flexibility index (Phi) is 6.99. The topological polar surface area (TPSA) is 49.4 Å². The van der Waals surface area contributed by atoms with Gasteiger partial charge in [0, 0.05) is 30.2 Å². The van der Waals surface area contributed by atoms with Crippen LogP contribution in [0.25, 0.3) is 0 Å². The van der Waals surface area contributed by atoms with Crippen LogP contribution in [0.1, 0.15) is 15.9 Å². The first-order valence-electron chi connectivity index (χ1n) is 7.41. The summed E-state index contributed by atoms with van der Waals surface area (Å²) in [5, 5.41) is 3.20. The minimum atomic E-state index is -0.237. The predicted octanol–water partition coefficient (Wildman–Crippen LogP) is 4.09. The number of benzene rings is 2. The zero-order chi connectivity index (χ0) is 18.4. The van der Waals surface area contributed by atoms with E-state index in [9.17, 15) is 9.59 Å². The standard InChI is InChI=1S/C18H17ClN2O2S2/c1-21(2)18(24)25-11-16(22)20-15-9-8-13(19)10-14(15)17(23)12-6-4-3-5-7-12/h3-10H,11H2,1-2H3,(H,20,22). The minimum absolute atomic E-state index is 0.165. The van der Waals surface area contributed by atoms with Crippen LogP contribution in [0.5, 0.6) is 0 Å². The molecule has 25 heavy (non-hydrogen) atoms. The van der Waals surface area contributed by atoms with Crippen molar-refractivity contribution in [3.63, 3.8) is 0 Å². The van der Waals surface area contributed by atoms with E-state index < -0.39 is 0 Å². The van der Waals surface area contributed by atoms with Crippen molar-refractivity contribution in [3.05, 3.63) is 64.7 Å². The van der Waals surface area contributed by atoms with Crippen LogP contribution in [0.15, 0.2) is 48.5 Å². The van der Waals surface area contributed by atoms with Gasteiger partial charge < -0.3 is 10.2 Å². The quantitative estimate of drug-likeness (QED) is 0.613. The van der Waals surface area contributed by atoms with Crippen LogP contribution in [0.4, 0.5) is 5.69 Å². The number of halogens is 1. The maximum Gasteiger partial charge on any atom is 0.234 e. The molecule has 0 saturated carbocycles. The van der Waals surface area contributed by atoms with E-state index >= 15 is 0 Å². The van der Waals surface area contributed by atoms with Crippen molar-refractivity contribution in [2.75, 3.05) is 25.2 Å². The van der Waals surface area contributed by atoms with Gasteiger partial charge in [-0.25, -0.2) is 0 Å². The summed E-state index contributed by atoms with van der Waals surface area (Å²) in [7, 11) is 3.64. The molecule has 0 aliphatic rings. The van der Waals surface area contributed by atoms with Crippen LogP contribution in [0.2, 0.25) is 5.02 Å². The first-order chi connectivity index (χ1) is 11.9. The smallest absolute Gasteiger partial charge is 0.234 e. The maximum absolute atomic E-state index is 12.7. The Morgan fingerprint density at radius 3 is 2.48 bits per heavy atom. The summed E-state index contributed by atoms with van der Waals surface area (Å²) in [4.78, 5) is 26.7. The number of amides is 1. The van der Waals surface area contributed by atoms with Crippen molar-refractivity contribution in [1.29, 1.82) is 0 Å². The molecule has 7 heteroatoms. The van der Waals surface area contributed by atoms with E-state index in [1.807, 2.05) is 20.2 Å². The third-order valence-electron chi connectivity index (χ3n) is 3.23. The van der Waals surface area contributed by atoms with Gasteiger partial charge in [-0.2, -0.15) is 0 Å². The van der Waals surface area contributed by atoms with Gasteiger partial charge in [0.25, 0.3) is 0 Å². The number of hydrogen-bond donors (Lipinski definition) is 1. The molecule has 0 fully saturated rings. The summed E-state index contributed by atoms with van der Waals surface area (Å²) in [5.41, 5.74) is 1.32. The van der Waals surface area contributed by atoms with Crippen LogP contribution < -0.4 is 5.32 Å². The van der Waals surface area contributed by atoms with E-state index in [4.69, 9.17) is 23.8 Å². The highest BCUT2D eigenvalue weighted by molar-refractivity contribution is 8.23. The maximum atomic E-state index is 12.7. The van der Waals surface area contributed by atoms with E-state index in [1.165, 1.54) is 11.8 Å². The van der Waals surface area contributed by atoms with Crippen LogP contribution in [0, 0.1) is 0 Å². The second kappa shape index (κ2) is 8.99. The molecule has 0 saturated heterocycles. The Labute approximate surface area is 161 Å². The molecule has 0 aliphatic heterocycles. The molecular formula is C18H17ClN2O2S2. The molecule has 1 N–H and O–H groups in total. The third kappa shape index (κ3) is 5.56. The number of nitrogens with one attached hydrogen (secondary N) is 1. The van der Waals surface area contributed by atoms with E-state index in [0.717, 1.165) is 0 Å². The number of anilines is 1. The number of carbonyl (C=O) groups is 2. The van der Waals surface area contributed by atoms with E-state index in [0.29, 0.717) is 26.2 Å². The van der Waals surface area contributed by atoms with Crippen LogP contribution in [-0.4, -0.2) is 40.8 Å². The molecule has 0 heterocycles. The van der Waals surface area contributed by atoms with Crippen molar-refractivity contribution < 1.29 is 9.59 Å². The van der Waals surface area contributed by atoms with Crippen molar-refractivity contribution in [1.82, 2.24) is 4.90 Å². The molecule has 0 bridgehead atoms. The van der Waals surface area contributed by atoms with E-state index in [1.54, 1.807) is 47.4 Å². The average molecular weight is 393 g/mol. The largest absolute Gasteiger partial charge is 0.364 e. The highest BCUT2D eigenvalue weighted by Crippen LogP contribution is 2.24. The molecular weight excluding hydrogens is 376 g/mol. The molecule has 2 rings (SSSR count). The summed E-state index contributed by atoms with van der Waals surface area (Å²) in [6, 6.07) is 13.7. The third-order valence-corrected chi connectivity index (χ3v) is 5.20. The lowest BCUT2D eigenvalue weighted by atomic mass is 10.0. The number of thiocarbonyl (C=S) groups is 1. The van der Waals surface area contributed by atoms with Gasteiger partial charge in [-0.3, -0.25) is 9.59 Å². The Hall–Kier alpha value is -1.89. The van der Waals surface area contributed by atoms with Gasteiger partial charge in [-0.05, 0) is 18.2 Å². The molecule has 1 amide bonds. The summed E-state index contributed by atoms with van der Waals surface area (Å²) in [6.07, 6.45) is 0. The minimum Gasteiger partial charge on any atom is -0.364 e. The Bertz CT molecular complexity index is 795. The molecule has 130 valence electrons. The SMILES string of the molecule is CN(C)C(=S)SCC(=O)Nc1ccc(Cl)cc1C(=O)c1ccccc1. The number of nitrogens with zero attached hydrogens (tertiary/aromatic N) is 1. The van der Waals surface area contributed by atoms with Gasteiger partial charge in [0.05, 0.1) is 11.4 Å². The lowest BCUT2D eigenvalue weighted by Gasteiger charge is -2.14. The van der Waals surface area contributed by atoms with Crippen molar-refractivity contribution >= 4 is 57.3 Å². The highest BCUT2D eigenvalue weighted by atomic mass is 35.5. The average Bonchev–Trinajstić information content (AvgIpc) is 2.61. The fourth-order valence-corrected chi connectivity index (χ4v) is 2.93. The first kappa shape index (κ1) is 19.4. The fourth-order valence-electron chi connectivity index (χ4n) is 2.00. The van der Waals surface area contributed by atoms with Gasteiger partial charge >= 0.3 is 0 Å². The molecule has 0 spiro atoms. The van der Waals surface area contributed by atoms with Crippen LogP contribution >= 0.6 is 35.6 Å². The normalized spacial score (nSPS) is 10.2. The first-order valence-corrected chi connectivity index (χ1v) is 9.19. The van der Waals surface area contributed by atoms with Crippen molar-refractivity contribution in [2.24, 2.45) is 0 Å². The van der Waals surface area contributed by atoms with Gasteiger partial charge in [0.1, 0.15) is 4.32 Å². The Morgan fingerprint density at radius 1 is 1.16 bits per heavy atom. The zero-order valence-corrected chi connectivity index (χ0v) is 16.2. The summed E-state index contributed by atoms with van der Waals surface area (Å²) < 4.78 is 0.617.